The van der Waals surface area contributed by atoms with Crippen LogP contribution in [0.25, 0.3) is 0 Å². The Bertz CT molecular complexity index is 179. The second-order valence-electron chi connectivity index (χ2n) is 3.09. The van der Waals surface area contributed by atoms with Gasteiger partial charge in [0, 0.05) is 40.3 Å². The number of piperazine rings is 1. The maximum Gasteiger partial charge on any atom is 0.407 e. The van der Waals surface area contributed by atoms with Crippen LogP contribution in [0.2, 0.25) is 0 Å². The summed E-state index contributed by atoms with van der Waals surface area (Å²) in [4.78, 5) is 22.5. The van der Waals surface area contributed by atoms with Crippen molar-refractivity contribution in [3.63, 3.8) is 0 Å². The van der Waals surface area contributed by atoms with E-state index in [4.69, 9.17) is 5.11 Å². The summed E-state index contributed by atoms with van der Waals surface area (Å²) in [5.41, 5.74) is 0. The minimum Gasteiger partial charge on any atom is -0.465 e. The summed E-state index contributed by atoms with van der Waals surface area (Å²) in [6.07, 6.45) is -0.0588. The van der Waals surface area contributed by atoms with Crippen molar-refractivity contribution in [1.82, 2.24) is 15.1 Å². The first-order valence-corrected chi connectivity index (χ1v) is 4.38. The minimum absolute atomic E-state index is 0.620. The highest BCUT2D eigenvalue weighted by Crippen LogP contribution is 1.90. The Hall–Kier alpha value is -1.30. The summed E-state index contributed by atoms with van der Waals surface area (Å²) in [7, 11) is 3.38. The number of nitrogens with zero attached hydrogens (tertiary/aromatic N) is 2. The molecule has 6 nitrogen and oxygen atoms in total. The van der Waals surface area contributed by atoms with Crippen LogP contribution in [-0.4, -0.2) is 67.7 Å². The van der Waals surface area contributed by atoms with Crippen LogP contribution in [0.5, 0.6) is 0 Å². The molecule has 1 rings (SSSR count). The zero-order chi connectivity index (χ0) is 11.0. The Morgan fingerprint density at radius 1 is 1.43 bits per heavy atom. The minimum atomic E-state index is -0.809. The summed E-state index contributed by atoms with van der Waals surface area (Å²) in [6, 6.07) is 0. The van der Waals surface area contributed by atoms with Crippen LogP contribution in [0.1, 0.15) is 0 Å². The predicted molar refractivity (Wildman–Crippen MR) is 52.2 cm³/mol. The number of rotatable bonds is 1. The zero-order valence-corrected chi connectivity index (χ0v) is 8.56. The monoisotopic (exact) mass is 203 g/mol. The van der Waals surface area contributed by atoms with E-state index in [0.29, 0.717) is 13.1 Å². The number of nitrogens with one attached hydrogen (secondary N) is 1. The molecule has 0 aromatic rings. The number of hydrogen-bond donors (Lipinski definition) is 2. The summed E-state index contributed by atoms with van der Waals surface area (Å²) in [5, 5.41) is 11.5. The second-order valence-corrected chi connectivity index (χ2v) is 3.09. The molecule has 0 saturated carbocycles. The van der Waals surface area contributed by atoms with E-state index in [2.05, 4.69) is 5.32 Å². The summed E-state index contributed by atoms with van der Waals surface area (Å²) < 4.78 is 0. The molecule has 0 atom stereocenters. The number of carbonyl (C=O) groups excluding carboxylic acids is 1. The Morgan fingerprint density at radius 3 is 2.07 bits per heavy atom. The van der Waals surface area contributed by atoms with Gasteiger partial charge in [-0.3, -0.25) is 4.79 Å². The predicted octanol–water partition coefficient (Wildman–Crippen LogP) is -0.726. The average molecular weight is 203 g/mol. The van der Waals surface area contributed by atoms with Crippen LogP contribution in [0, 0.1) is 0 Å². The molecule has 2 amide bonds. The zero-order valence-electron chi connectivity index (χ0n) is 8.56. The molecule has 0 unspecified atom stereocenters. The van der Waals surface area contributed by atoms with Gasteiger partial charge in [-0.15, -0.1) is 0 Å². The molecule has 1 aliphatic rings. The van der Waals surface area contributed by atoms with Crippen molar-refractivity contribution in [1.29, 1.82) is 0 Å². The Kier molecular flexibility index (Phi) is 6.47. The first-order chi connectivity index (χ1) is 6.57. The SMILES string of the molecule is CN(C)C=O.O=C(O)N1CCNCC1. The topological polar surface area (TPSA) is 72.9 Å². The highest BCUT2D eigenvalue weighted by atomic mass is 16.4. The molecule has 1 fully saturated rings. The number of carbonyl (C=O) groups is 2. The molecule has 1 saturated heterocycles. The Balaban J connectivity index is 0.000000292. The molecule has 0 radical (unpaired) electrons. The molecule has 2 N–H and O–H groups in total. The first-order valence-electron chi connectivity index (χ1n) is 4.38. The van der Waals surface area contributed by atoms with Gasteiger partial charge in [0.2, 0.25) is 6.41 Å². The van der Waals surface area contributed by atoms with E-state index in [0.717, 1.165) is 19.5 Å². The first kappa shape index (κ1) is 12.7. The molecule has 0 aromatic carbocycles. The van der Waals surface area contributed by atoms with Crippen LogP contribution >= 0.6 is 0 Å². The fourth-order valence-electron chi connectivity index (χ4n) is 0.856. The molecule has 1 aliphatic heterocycles. The summed E-state index contributed by atoms with van der Waals surface area (Å²) in [5.74, 6) is 0. The van der Waals surface area contributed by atoms with Crippen molar-refractivity contribution in [2.24, 2.45) is 0 Å². The van der Waals surface area contributed by atoms with Crippen molar-refractivity contribution in [2.45, 2.75) is 0 Å². The largest absolute Gasteiger partial charge is 0.465 e. The second kappa shape index (κ2) is 7.14. The van der Waals surface area contributed by atoms with Gasteiger partial charge in [0.05, 0.1) is 0 Å². The lowest BCUT2D eigenvalue weighted by atomic mass is 10.4. The molecule has 82 valence electrons. The highest BCUT2D eigenvalue weighted by Gasteiger charge is 2.13. The van der Waals surface area contributed by atoms with E-state index in [1.54, 1.807) is 14.1 Å². The third-order valence-corrected chi connectivity index (χ3v) is 1.60. The molecule has 1 heterocycles. The van der Waals surface area contributed by atoms with Crippen LogP contribution in [0.3, 0.4) is 0 Å². The van der Waals surface area contributed by atoms with Crippen molar-refractivity contribution in [3.8, 4) is 0 Å². The number of carboxylic acid groups (broad SMARTS) is 1. The van der Waals surface area contributed by atoms with E-state index >= 15 is 0 Å². The maximum atomic E-state index is 10.3. The van der Waals surface area contributed by atoms with Gasteiger partial charge < -0.3 is 20.2 Å². The van der Waals surface area contributed by atoms with Gasteiger partial charge in [-0.1, -0.05) is 0 Å². The van der Waals surface area contributed by atoms with Crippen molar-refractivity contribution in [3.05, 3.63) is 0 Å². The molecule has 6 heteroatoms. The van der Waals surface area contributed by atoms with Gasteiger partial charge in [-0.25, -0.2) is 4.79 Å². The van der Waals surface area contributed by atoms with Gasteiger partial charge in [0.1, 0.15) is 0 Å². The third-order valence-electron chi connectivity index (χ3n) is 1.60. The van der Waals surface area contributed by atoms with Crippen molar-refractivity contribution >= 4 is 12.5 Å². The van der Waals surface area contributed by atoms with E-state index in [1.807, 2.05) is 0 Å². The normalized spacial score (nSPS) is 15.1. The number of amides is 2. The van der Waals surface area contributed by atoms with Gasteiger partial charge >= 0.3 is 6.09 Å². The molecule has 0 spiro atoms. The lowest BCUT2D eigenvalue weighted by Crippen LogP contribution is -2.45. The quantitative estimate of drug-likeness (QED) is 0.551. The summed E-state index contributed by atoms with van der Waals surface area (Å²) in [6.45, 7) is 2.81. The van der Waals surface area contributed by atoms with E-state index < -0.39 is 6.09 Å². The number of hydrogen-bond acceptors (Lipinski definition) is 3. The van der Waals surface area contributed by atoms with Crippen LogP contribution in [0.4, 0.5) is 4.79 Å². The van der Waals surface area contributed by atoms with Crippen LogP contribution in [-0.2, 0) is 4.79 Å². The van der Waals surface area contributed by atoms with Gasteiger partial charge in [-0.05, 0) is 0 Å². The lowest BCUT2D eigenvalue weighted by Gasteiger charge is -2.23. The van der Waals surface area contributed by atoms with E-state index in [1.165, 1.54) is 9.80 Å². The van der Waals surface area contributed by atoms with E-state index in [-0.39, 0.29) is 0 Å². The van der Waals surface area contributed by atoms with Gasteiger partial charge in [0.25, 0.3) is 0 Å². The van der Waals surface area contributed by atoms with E-state index in [9.17, 15) is 9.59 Å². The standard InChI is InChI=1S/C5H10N2O2.C3H7NO/c8-5(9)7-3-1-6-2-4-7;1-4(2)3-5/h6H,1-4H2,(H,8,9);3H,1-2H3. The van der Waals surface area contributed by atoms with Gasteiger partial charge in [0.15, 0.2) is 0 Å². The molecule has 0 bridgehead atoms. The fraction of sp³-hybridized carbons (Fsp3) is 0.750. The average Bonchev–Trinajstić information content (AvgIpc) is 2.20. The third kappa shape index (κ3) is 6.24. The van der Waals surface area contributed by atoms with Crippen molar-refractivity contribution < 1.29 is 14.7 Å². The Morgan fingerprint density at radius 2 is 1.86 bits per heavy atom. The molecular weight excluding hydrogens is 186 g/mol. The fourth-order valence-corrected chi connectivity index (χ4v) is 0.856. The molecular formula is C8H17N3O3. The summed E-state index contributed by atoms with van der Waals surface area (Å²) >= 11 is 0. The van der Waals surface area contributed by atoms with Crippen LogP contribution in [0.15, 0.2) is 0 Å². The lowest BCUT2D eigenvalue weighted by molar-refractivity contribution is -0.115. The van der Waals surface area contributed by atoms with Crippen molar-refractivity contribution in [2.75, 3.05) is 40.3 Å². The molecule has 14 heavy (non-hydrogen) atoms. The van der Waals surface area contributed by atoms with Gasteiger partial charge in [-0.2, -0.15) is 0 Å². The van der Waals surface area contributed by atoms with Crippen LogP contribution < -0.4 is 5.32 Å². The Labute approximate surface area is 83.5 Å². The smallest absolute Gasteiger partial charge is 0.407 e. The molecule has 0 aromatic heterocycles. The highest BCUT2D eigenvalue weighted by molar-refractivity contribution is 5.65. The maximum absolute atomic E-state index is 10.3. The molecule has 0 aliphatic carbocycles.